The third-order valence-corrected chi connectivity index (χ3v) is 7.26. The Kier molecular flexibility index (Phi) is 7.04. The number of halogens is 1. The van der Waals surface area contributed by atoms with Gasteiger partial charge in [0.05, 0.1) is 12.7 Å². The van der Waals surface area contributed by atoms with Gasteiger partial charge in [-0.05, 0) is 43.1 Å². The largest absolute Gasteiger partial charge is 0.360 e. The van der Waals surface area contributed by atoms with Gasteiger partial charge in [-0.3, -0.25) is 19.1 Å². The van der Waals surface area contributed by atoms with E-state index in [2.05, 4.69) is 20.2 Å². The predicted octanol–water partition coefficient (Wildman–Crippen LogP) is 4.06. The van der Waals surface area contributed by atoms with Crippen LogP contribution in [0.1, 0.15) is 38.5 Å². The number of carbonyl (C=O) groups is 1. The van der Waals surface area contributed by atoms with Gasteiger partial charge in [0.15, 0.2) is 5.65 Å². The quantitative estimate of drug-likeness (QED) is 0.571. The van der Waals surface area contributed by atoms with Crippen LogP contribution in [0.25, 0.3) is 16.9 Å². The molecule has 1 aliphatic carbocycles. The first-order chi connectivity index (χ1) is 16.7. The number of aromatic nitrogens is 3. The number of piperazine rings is 1. The minimum Gasteiger partial charge on any atom is -0.360 e. The minimum absolute atomic E-state index is 0.0843. The molecule has 7 nitrogen and oxygen atoms in total. The van der Waals surface area contributed by atoms with Gasteiger partial charge in [-0.1, -0.05) is 32.1 Å². The molecule has 2 aromatic heterocycles. The van der Waals surface area contributed by atoms with Crippen molar-refractivity contribution in [2.24, 2.45) is 5.92 Å². The normalized spacial score (nSPS) is 17.9. The van der Waals surface area contributed by atoms with E-state index in [0.29, 0.717) is 17.2 Å². The van der Waals surface area contributed by atoms with Crippen LogP contribution in [0.5, 0.6) is 0 Å². The van der Waals surface area contributed by atoms with Crippen LogP contribution < -0.4 is 5.32 Å². The monoisotopic (exact) mass is 464 g/mol. The summed E-state index contributed by atoms with van der Waals surface area (Å²) in [5, 5.41) is 3.30. The van der Waals surface area contributed by atoms with E-state index < -0.39 is 0 Å². The molecule has 1 aromatic carbocycles. The highest BCUT2D eigenvalue weighted by molar-refractivity contribution is 5.83. The van der Waals surface area contributed by atoms with Crippen molar-refractivity contribution in [3.8, 4) is 11.3 Å². The van der Waals surface area contributed by atoms with E-state index in [4.69, 9.17) is 0 Å². The molecule has 2 fully saturated rings. The lowest BCUT2D eigenvalue weighted by Crippen LogP contribution is -2.50. The number of carbonyl (C=O) groups excluding carboxylic acids is 1. The highest BCUT2D eigenvalue weighted by Crippen LogP contribution is 2.29. The fourth-order valence-electron chi connectivity index (χ4n) is 5.22. The van der Waals surface area contributed by atoms with Crippen molar-refractivity contribution in [1.82, 2.24) is 24.2 Å². The van der Waals surface area contributed by atoms with Crippen LogP contribution in [0.15, 0.2) is 42.9 Å². The molecular weight excluding hydrogens is 431 g/mol. The molecule has 0 bridgehead atoms. The zero-order valence-electron chi connectivity index (χ0n) is 19.6. The summed E-state index contributed by atoms with van der Waals surface area (Å²) in [4.78, 5) is 26.2. The lowest BCUT2D eigenvalue weighted by atomic mass is 9.87. The van der Waals surface area contributed by atoms with E-state index >= 15 is 0 Å². The second kappa shape index (κ2) is 10.5. The molecular formula is C26H33FN6O. The number of hydrogen-bond acceptors (Lipinski definition) is 5. The Morgan fingerprint density at radius 3 is 2.59 bits per heavy atom. The number of nitrogens with zero attached hydrogens (tertiary/aromatic N) is 5. The molecule has 1 saturated heterocycles. The van der Waals surface area contributed by atoms with Crippen LogP contribution in [0, 0.1) is 11.7 Å². The number of rotatable bonds is 7. The molecule has 180 valence electrons. The Morgan fingerprint density at radius 1 is 1.06 bits per heavy atom. The molecule has 1 N–H and O–H groups in total. The van der Waals surface area contributed by atoms with Gasteiger partial charge >= 0.3 is 0 Å². The number of amides is 1. The molecule has 1 amide bonds. The van der Waals surface area contributed by atoms with Gasteiger partial charge in [0.25, 0.3) is 0 Å². The summed E-state index contributed by atoms with van der Waals surface area (Å²) in [6.07, 6.45) is 13.4. The average Bonchev–Trinajstić information content (AvgIpc) is 3.26. The van der Waals surface area contributed by atoms with E-state index in [1.165, 1.54) is 50.7 Å². The first-order valence-corrected chi connectivity index (χ1v) is 12.5. The fraction of sp³-hybridized carbons (Fsp3) is 0.500. The molecule has 3 aromatic rings. The van der Waals surface area contributed by atoms with Gasteiger partial charge in [-0.25, -0.2) is 9.37 Å². The maximum absolute atomic E-state index is 13.4. The van der Waals surface area contributed by atoms with E-state index in [1.807, 2.05) is 15.5 Å². The van der Waals surface area contributed by atoms with Crippen molar-refractivity contribution in [3.05, 3.63) is 48.7 Å². The third-order valence-electron chi connectivity index (χ3n) is 7.26. The maximum Gasteiger partial charge on any atom is 0.242 e. The smallest absolute Gasteiger partial charge is 0.242 e. The second-order valence-corrected chi connectivity index (χ2v) is 9.49. The Labute approximate surface area is 200 Å². The van der Waals surface area contributed by atoms with Crippen molar-refractivity contribution < 1.29 is 9.18 Å². The fourth-order valence-corrected chi connectivity index (χ4v) is 5.22. The minimum atomic E-state index is -0.295. The zero-order chi connectivity index (χ0) is 23.3. The van der Waals surface area contributed by atoms with Gasteiger partial charge in [0, 0.05) is 44.1 Å². The number of nitrogens with one attached hydrogen (secondary N) is 1. The van der Waals surface area contributed by atoms with E-state index in [0.717, 1.165) is 44.2 Å². The number of benzene rings is 1. The Bertz CT molecular complexity index is 1100. The molecule has 3 heterocycles. The Hall–Kier alpha value is -3.00. The molecule has 2 aliphatic rings. The third kappa shape index (κ3) is 5.22. The van der Waals surface area contributed by atoms with Crippen LogP contribution in [0.4, 0.5) is 10.2 Å². The standard InChI is InChI=1S/C26H33FN6O/c27-22-8-6-21(7-9-22)25-26(33-13-11-28-18-23(33)30-25)29-19-24(34)32-16-14-31(15-17-32)12-10-20-4-2-1-3-5-20/h6-9,11,13,18,20,29H,1-5,10,12,14-17,19H2. The number of imidazole rings is 1. The average molecular weight is 465 g/mol. The second-order valence-electron chi connectivity index (χ2n) is 9.49. The van der Waals surface area contributed by atoms with Gasteiger partial charge in [-0.15, -0.1) is 0 Å². The van der Waals surface area contributed by atoms with Crippen molar-refractivity contribution in [2.75, 3.05) is 44.6 Å². The molecule has 0 spiro atoms. The summed E-state index contributed by atoms with van der Waals surface area (Å²) in [5.74, 6) is 1.40. The van der Waals surface area contributed by atoms with E-state index in [1.54, 1.807) is 24.5 Å². The van der Waals surface area contributed by atoms with Crippen molar-refractivity contribution in [3.63, 3.8) is 0 Å². The number of fused-ring (bicyclic) bond motifs is 1. The number of anilines is 1. The first-order valence-electron chi connectivity index (χ1n) is 12.5. The summed E-state index contributed by atoms with van der Waals surface area (Å²) in [6.45, 7) is 4.77. The van der Waals surface area contributed by atoms with Gasteiger partial charge in [0.1, 0.15) is 17.3 Å². The predicted molar refractivity (Wildman–Crippen MR) is 131 cm³/mol. The summed E-state index contributed by atoms with van der Waals surface area (Å²) in [5.41, 5.74) is 2.13. The molecule has 0 atom stereocenters. The molecule has 8 heteroatoms. The van der Waals surface area contributed by atoms with Gasteiger partial charge < -0.3 is 10.2 Å². The molecule has 1 aliphatic heterocycles. The van der Waals surface area contributed by atoms with E-state index in [-0.39, 0.29) is 18.3 Å². The highest BCUT2D eigenvalue weighted by Gasteiger charge is 2.23. The highest BCUT2D eigenvalue weighted by atomic mass is 19.1. The topological polar surface area (TPSA) is 65.8 Å². The summed E-state index contributed by atoms with van der Waals surface area (Å²) >= 11 is 0. The Morgan fingerprint density at radius 2 is 1.82 bits per heavy atom. The summed E-state index contributed by atoms with van der Waals surface area (Å²) in [6, 6.07) is 6.23. The SMILES string of the molecule is O=C(CNc1c(-c2ccc(F)cc2)nc2cnccn12)N1CCN(CCC2CCCCC2)CC1. The van der Waals surface area contributed by atoms with Crippen LogP contribution >= 0.6 is 0 Å². The lowest BCUT2D eigenvalue weighted by Gasteiger charge is -2.35. The molecule has 0 radical (unpaired) electrons. The Balaban J connectivity index is 1.18. The van der Waals surface area contributed by atoms with Crippen LogP contribution in [0.3, 0.4) is 0 Å². The first kappa shape index (κ1) is 22.8. The summed E-state index contributed by atoms with van der Waals surface area (Å²) in [7, 11) is 0. The van der Waals surface area contributed by atoms with Crippen LogP contribution in [-0.2, 0) is 4.79 Å². The molecule has 34 heavy (non-hydrogen) atoms. The number of hydrogen-bond donors (Lipinski definition) is 1. The molecule has 5 rings (SSSR count). The van der Waals surface area contributed by atoms with Crippen LogP contribution in [-0.4, -0.2) is 69.3 Å². The van der Waals surface area contributed by atoms with Crippen molar-refractivity contribution in [1.29, 1.82) is 0 Å². The summed E-state index contributed by atoms with van der Waals surface area (Å²) < 4.78 is 15.3. The van der Waals surface area contributed by atoms with Gasteiger partial charge in [0.2, 0.25) is 5.91 Å². The van der Waals surface area contributed by atoms with E-state index in [9.17, 15) is 9.18 Å². The maximum atomic E-state index is 13.4. The van der Waals surface area contributed by atoms with Crippen LogP contribution in [0.2, 0.25) is 0 Å². The van der Waals surface area contributed by atoms with Gasteiger partial charge in [-0.2, -0.15) is 0 Å². The molecule has 1 saturated carbocycles. The zero-order valence-corrected chi connectivity index (χ0v) is 19.6. The lowest BCUT2D eigenvalue weighted by molar-refractivity contribution is -0.131. The molecule has 0 unspecified atom stereocenters. The van der Waals surface area contributed by atoms with Crippen molar-refractivity contribution in [2.45, 2.75) is 38.5 Å². The van der Waals surface area contributed by atoms with Crippen molar-refractivity contribution >= 4 is 17.4 Å².